The molecule has 1 aromatic heterocycles. The summed E-state index contributed by atoms with van der Waals surface area (Å²) in [5.41, 5.74) is 6.15. The van der Waals surface area contributed by atoms with E-state index in [0.717, 1.165) is 11.8 Å². The van der Waals surface area contributed by atoms with Gasteiger partial charge in [0.05, 0.1) is 17.6 Å². The molecule has 0 amide bonds. The van der Waals surface area contributed by atoms with Crippen LogP contribution >= 0.6 is 0 Å². The molecule has 9 heteroatoms. The van der Waals surface area contributed by atoms with Gasteiger partial charge in [0, 0.05) is 6.54 Å². The Morgan fingerprint density at radius 1 is 1.38 bits per heavy atom. The highest BCUT2D eigenvalue weighted by Gasteiger charge is 2.29. The molecule has 2 atom stereocenters. The van der Waals surface area contributed by atoms with Crippen LogP contribution in [0.15, 0.2) is 30.5 Å². The SMILES string of the molecule is CC1CN(c2ncc([N+](=O)[O-])c(N)n2)CC(c2ccc(F)cc2)O1. The van der Waals surface area contributed by atoms with Gasteiger partial charge in [0.15, 0.2) is 0 Å². The zero-order chi connectivity index (χ0) is 17.3. The van der Waals surface area contributed by atoms with Crippen molar-refractivity contribution in [3.8, 4) is 0 Å². The maximum atomic E-state index is 13.1. The van der Waals surface area contributed by atoms with Crippen molar-refractivity contribution in [2.75, 3.05) is 23.7 Å². The molecule has 1 aromatic carbocycles. The second-order valence-corrected chi connectivity index (χ2v) is 5.59. The molecule has 2 N–H and O–H groups in total. The molecule has 0 radical (unpaired) electrons. The van der Waals surface area contributed by atoms with Crippen molar-refractivity contribution in [2.24, 2.45) is 0 Å². The van der Waals surface area contributed by atoms with Crippen LogP contribution in [0, 0.1) is 15.9 Å². The minimum atomic E-state index is -0.623. The second kappa shape index (κ2) is 6.36. The van der Waals surface area contributed by atoms with E-state index in [1.165, 1.54) is 12.1 Å². The number of nitrogens with two attached hydrogens (primary N) is 1. The van der Waals surface area contributed by atoms with Gasteiger partial charge in [-0.2, -0.15) is 4.98 Å². The number of hydrogen-bond acceptors (Lipinski definition) is 7. The maximum absolute atomic E-state index is 13.1. The highest BCUT2D eigenvalue weighted by atomic mass is 19.1. The van der Waals surface area contributed by atoms with Crippen LogP contribution < -0.4 is 10.6 Å². The maximum Gasteiger partial charge on any atom is 0.329 e. The molecule has 2 heterocycles. The highest BCUT2D eigenvalue weighted by molar-refractivity contribution is 5.54. The van der Waals surface area contributed by atoms with Crippen molar-refractivity contribution in [1.29, 1.82) is 0 Å². The summed E-state index contributed by atoms with van der Waals surface area (Å²) in [5, 5.41) is 10.8. The van der Waals surface area contributed by atoms with Crippen LogP contribution in [0.1, 0.15) is 18.6 Å². The fourth-order valence-corrected chi connectivity index (χ4v) is 2.65. The number of rotatable bonds is 3. The molecule has 1 aliphatic rings. The number of hydrogen-bond donors (Lipinski definition) is 1. The Kier molecular flexibility index (Phi) is 4.26. The third kappa shape index (κ3) is 3.25. The zero-order valence-corrected chi connectivity index (χ0v) is 12.9. The van der Waals surface area contributed by atoms with Crippen LogP contribution in [-0.2, 0) is 4.74 Å². The fraction of sp³-hybridized carbons (Fsp3) is 0.333. The molecule has 126 valence electrons. The number of morpholine rings is 1. The lowest BCUT2D eigenvalue weighted by Gasteiger charge is -2.37. The van der Waals surface area contributed by atoms with Crippen molar-refractivity contribution in [2.45, 2.75) is 19.1 Å². The number of ether oxygens (including phenoxy) is 1. The number of halogens is 1. The molecule has 0 saturated carbocycles. The Bertz CT molecular complexity index is 755. The number of nitrogens with zero attached hydrogens (tertiary/aromatic N) is 4. The summed E-state index contributed by atoms with van der Waals surface area (Å²) in [6.45, 7) is 2.86. The average molecular weight is 333 g/mol. The van der Waals surface area contributed by atoms with Crippen molar-refractivity contribution in [3.63, 3.8) is 0 Å². The normalized spacial score (nSPS) is 20.8. The van der Waals surface area contributed by atoms with Crippen molar-refractivity contribution >= 4 is 17.5 Å². The molecule has 2 aromatic rings. The molecule has 3 rings (SSSR count). The Morgan fingerprint density at radius 2 is 2.08 bits per heavy atom. The van der Waals surface area contributed by atoms with Crippen molar-refractivity contribution in [3.05, 3.63) is 52.0 Å². The van der Waals surface area contributed by atoms with E-state index in [2.05, 4.69) is 9.97 Å². The number of benzene rings is 1. The van der Waals surface area contributed by atoms with E-state index in [4.69, 9.17) is 10.5 Å². The van der Waals surface area contributed by atoms with Crippen LogP contribution in [0.3, 0.4) is 0 Å². The topological polar surface area (TPSA) is 107 Å². The van der Waals surface area contributed by atoms with E-state index in [0.29, 0.717) is 19.0 Å². The first kappa shape index (κ1) is 16.1. The van der Waals surface area contributed by atoms with Gasteiger partial charge in [-0.05, 0) is 24.6 Å². The van der Waals surface area contributed by atoms with Gasteiger partial charge in [-0.25, -0.2) is 9.37 Å². The van der Waals surface area contributed by atoms with E-state index < -0.39 is 4.92 Å². The molecular weight excluding hydrogens is 317 g/mol. The van der Waals surface area contributed by atoms with Crippen molar-refractivity contribution < 1.29 is 14.1 Å². The van der Waals surface area contributed by atoms with E-state index in [9.17, 15) is 14.5 Å². The lowest BCUT2D eigenvalue weighted by atomic mass is 10.1. The van der Waals surface area contributed by atoms with Crippen molar-refractivity contribution in [1.82, 2.24) is 9.97 Å². The average Bonchev–Trinajstić information content (AvgIpc) is 2.54. The van der Waals surface area contributed by atoms with E-state index in [1.54, 1.807) is 12.1 Å². The molecule has 0 aliphatic carbocycles. The number of nitrogen functional groups attached to an aromatic ring is 1. The van der Waals surface area contributed by atoms with Gasteiger partial charge in [0.1, 0.15) is 18.1 Å². The van der Waals surface area contributed by atoms with E-state index in [1.807, 2.05) is 11.8 Å². The molecule has 24 heavy (non-hydrogen) atoms. The first-order chi connectivity index (χ1) is 11.4. The van der Waals surface area contributed by atoms with Crippen LogP contribution in [0.25, 0.3) is 0 Å². The van der Waals surface area contributed by atoms with Crippen LogP contribution in [-0.4, -0.2) is 34.1 Å². The predicted molar refractivity (Wildman–Crippen MR) is 85.0 cm³/mol. The molecule has 8 nitrogen and oxygen atoms in total. The summed E-state index contributed by atoms with van der Waals surface area (Å²) in [6, 6.07) is 6.09. The smallest absolute Gasteiger partial charge is 0.329 e. The van der Waals surface area contributed by atoms with Gasteiger partial charge in [-0.15, -0.1) is 0 Å². The number of nitro groups is 1. The molecule has 0 spiro atoms. The predicted octanol–water partition coefficient (Wildman–Crippen LogP) is 2.07. The third-order valence-corrected chi connectivity index (χ3v) is 3.77. The van der Waals surface area contributed by atoms with Gasteiger partial charge in [-0.3, -0.25) is 10.1 Å². The van der Waals surface area contributed by atoms with Crippen LogP contribution in [0.4, 0.5) is 21.8 Å². The number of anilines is 2. The summed E-state index contributed by atoms with van der Waals surface area (Å²) in [4.78, 5) is 20.1. The Labute approximate surface area is 137 Å². The Hall–Kier alpha value is -2.81. The fourth-order valence-electron chi connectivity index (χ4n) is 2.65. The Balaban J connectivity index is 1.84. The highest BCUT2D eigenvalue weighted by Crippen LogP contribution is 2.28. The largest absolute Gasteiger partial charge is 0.378 e. The van der Waals surface area contributed by atoms with Gasteiger partial charge in [-0.1, -0.05) is 12.1 Å². The molecular formula is C15H16FN5O3. The molecule has 0 bridgehead atoms. The standard InChI is InChI=1S/C15H16FN5O3/c1-9-7-20(15-18-6-12(21(22)23)14(17)19-15)8-13(24-9)10-2-4-11(16)5-3-10/h2-6,9,13H,7-8H2,1H3,(H2,17,18,19). The minimum Gasteiger partial charge on any atom is -0.378 e. The molecule has 1 aliphatic heterocycles. The van der Waals surface area contributed by atoms with Gasteiger partial charge in [0.2, 0.25) is 11.8 Å². The third-order valence-electron chi connectivity index (χ3n) is 3.77. The second-order valence-electron chi connectivity index (χ2n) is 5.59. The summed E-state index contributed by atoms with van der Waals surface area (Å²) >= 11 is 0. The summed E-state index contributed by atoms with van der Waals surface area (Å²) < 4.78 is 19.0. The van der Waals surface area contributed by atoms with Crippen LogP contribution in [0.5, 0.6) is 0 Å². The molecule has 2 unspecified atom stereocenters. The minimum absolute atomic E-state index is 0.117. The molecule has 1 fully saturated rings. The van der Waals surface area contributed by atoms with Gasteiger partial charge in [0.25, 0.3) is 0 Å². The summed E-state index contributed by atoms with van der Waals surface area (Å²) in [6.07, 6.45) is 0.702. The first-order valence-corrected chi connectivity index (χ1v) is 7.37. The van der Waals surface area contributed by atoms with E-state index in [-0.39, 0.29) is 29.5 Å². The van der Waals surface area contributed by atoms with E-state index >= 15 is 0 Å². The monoisotopic (exact) mass is 333 g/mol. The summed E-state index contributed by atoms with van der Waals surface area (Å²) in [5.74, 6) is -0.186. The molecule has 1 saturated heterocycles. The lowest BCUT2D eigenvalue weighted by Crippen LogP contribution is -2.43. The number of aromatic nitrogens is 2. The zero-order valence-electron chi connectivity index (χ0n) is 12.9. The quantitative estimate of drug-likeness (QED) is 0.676. The summed E-state index contributed by atoms with van der Waals surface area (Å²) in [7, 11) is 0. The first-order valence-electron chi connectivity index (χ1n) is 7.37. The lowest BCUT2D eigenvalue weighted by molar-refractivity contribution is -0.384. The van der Waals surface area contributed by atoms with Gasteiger partial charge < -0.3 is 15.4 Å². The Morgan fingerprint density at radius 3 is 2.71 bits per heavy atom. The van der Waals surface area contributed by atoms with Gasteiger partial charge >= 0.3 is 5.69 Å². The van der Waals surface area contributed by atoms with Crippen LogP contribution in [0.2, 0.25) is 0 Å².